The number of nitrogens with zero attached hydrogens (tertiary/aromatic N) is 1. The van der Waals surface area contributed by atoms with Crippen molar-refractivity contribution in [3.8, 4) is 11.5 Å². The third kappa shape index (κ3) is 6.37. The summed E-state index contributed by atoms with van der Waals surface area (Å²) in [4.78, 5) is 61.4. The number of alkyl halides is 3. The quantitative estimate of drug-likeness (QED) is 0.110. The number of amides is 1. The number of benzene rings is 3. The summed E-state index contributed by atoms with van der Waals surface area (Å²) in [6.07, 6.45) is -10.4. The molecule has 2 aliphatic heterocycles. The SMILES string of the molecule is C[C@@H]1O[C@@H](OC[C@@H]2Cc3c(O)c4c(c(O)c3CO2)C(=O)c2ccccc2C4=O)C[C@H](NC(=O)C(F)(F)F)[C@H]1OC(=O)c1ccc([N+](=O)[O-])cc1. The molecule has 0 unspecified atom stereocenters. The zero-order valence-corrected chi connectivity index (χ0v) is 25.9. The average Bonchev–Trinajstić information content (AvgIpc) is 3.08. The van der Waals surface area contributed by atoms with E-state index in [2.05, 4.69) is 0 Å². The van der Waals surface area contributed by atoms with Crippen LogP contribution in [0, 0.1) is 10.1 Å². The number of rotatable bonds is 7. The van der Waals surface area contributed by atoms with Crippen LogP contribution in [-0.4, -0.2) is 82.0 Å². The van der Waals surface area contributed by atoms with Crippen molar-refractivity contribution >= 4 is 29.1 Å². The molecule has 3 aromatic carbocycles. The summed E-state index contributed by atoms with van der Waals surface area (Å²) in [5, 5.41) is 35.0. The summed E-state index contributed by atoms with van der Waals surface area (Å²) >= 11 is 0. The molecule has 262 valence electrons. The highest BCUT2D eigenvalue weighted by Crippen LogP contribution is 2.45. The molecular formula is C33H27F3N2O12. The number of phenols is 2. The molecule has 14 nitrogen and oxygen atoms in total. The van der Waals surface area contributed by atoms with Crippen molar-refractivity contribution in [3.63, 3.8) is 0 Å². The second-order valence-electron chi connectivity index (χ2n) is 11.8. The number of hydrogen-bond donors (Lipinski definition) is 3. The van der Waals surface area contributed by atoms with Gasteiger partial charge in [0.2, 0.25) is 0 Å². The molecule has 5 atom stereocenters. The van der Waals surface area contributed by atoms with E-state index in [4.69, 9.17) is 18.9 Å². The maximum Gasteiger partial charge on any atom is 0.471 e. The van der Waals surface area contributed by atoms with Crippen molar-refractivity contribution in [2.75, 3.05) is 6.61 Å². The molecule has 50 heavy (non-hydrogen) atoms. The van der Waals surface area contributed by atoms with Gasteiger partial charge >= 0.3 is 18.1 Å². The van der Waals surface area contributed by atoms with E-state index >= 15 is 0 Å². The lowest BCUT2D eigenvalue weighted by atomic mass is 9.79. The Hall–Kier alpha value is -5.39. The Morgan fingerprint density at radius 2 is 1.60 bits per heavy atom. The van der Waals surface area contributed by atoms with Crippen LogP contribution in [0.2, 0.25) is 0 Å². The maximum atomic E-state index is 13.3. The fourth-order valence-electron chi connectivity index (χ4n) is 6.23. The zero-order chi connectivity index (χ0) is 36.1. The Labute approximate surface area is 279 Å². The van der Waals surface area contributed by atoms with E-state index in [0.717, 1.165) is 24.3 Å². The van der Waals surface area contributed by atoms with E-state index in [1.807, 2.05) is 5.32 Å². The van der Waals surface area contributed by atoms with E-state index in [1.165, 1.54) is 19.1 Å². The van der Waals surface area contributed by atoms with Crippen molar-refractivity contribution in [2.24, 2.45) is 0 Å². The van der Waals surface area contributed by atoms with E-state index in [9.17, 15) is 52.7 Å². The third-order valence-corrected chi connectivity index (χ3v) is 8.70. The first-order valence-electron chi connectivity index (χ1n) is 15.2. The number of ether oxygens (including phenoxy) is 4. The molecule has 1 amide bonds. The van der Waals surface area contributed by atoms with Crippen LogP contribution in [0.25, 0.3) is 0 Å². The number of nitro benzene ring substituents is 1. The van der Waals surface area contributed by atoms with Crippen molar-refractivity contribution in [1.82, 2.24) is 5.32 Å². The first kappa shape index (κ1) is 34.5. The largest absolute Gasteiger partial charge is 0.507 e. The molecular weight excluding hydrogens is 673 g/mol. The third-order valence-electron chi connectivity index (χ3n) is 8.70. The lowest BCUT2D eigenvalue weighted by Crippen LogP contribution is -2.58. The van der Waals surface area contributed by atoms with Gasteiger partial charge in [-0.25, -0.2) is 4.79 Å². The molecule has 3 N–H and O–H groups in total. The number of non-ortho nitro benzene ring substituents is 1. The van der Waals surface area contributed by atoms with Crippen LogP contribution < -0.4 is 5.32 Å². The Morgan fingerprint density at radius 1 is 1.00 bits per heavy atom. The van der Waals surface area contributed by atoms with Gasteiger partial charge in [0.25, 0.3) is 5.69 Å². The van der Waals surface area contributed by atoms with Gasteiger partial charge in [0.05, 0.1) is 53.1 Å². The van der Waals surface area contributed by atoms with Crippen LogP contribution in [0.5, 0.6) is 11.5 Å². The normalized spacial score (nSPS) is 22.9. The average molecular weight is 701 g/mol. The van der Waals surface area contributed by atoms with Crippen LogP contribution in [0.3, 0.4) is 0 Å². The molecule has 6 rings (SSSR count). The Bertz CT molecular complexity index is 1910. The maximum absolute atomic E-state index is 13.3. The van der Waals surface area contributed by atoms with Gasteiger partial charge in [-0.2, -0.15) is 13.2 Å². The van der Waals surface area contributed by atoms with Crippen molar-refractivity contribution < 1.29 is 66.4 Å². The first-order chi connectivity index (χ1) is 23.6. The number of phenolic OH excluding ortho intramolecular Hbond substituents is 2. The number of halogens is 3. The highest BCUT2D eigenvalue weighted by molar-refractivity contribution is 6.30. The van der Waals surface area contributed by atoms with Gasteiger partial charge in [0.15, 0.2) is 17.9 Å². The number of nitrogens with one attached hydrogen (secondary N) is 1. The van der Waals surface area contributed by atoms with Crippen LogP contribution in [0.1, 0.15) is 66.7 Å². The predicted molar refractivity (Wildman–Crippen MR) is 161 cm³/mol. The molecule has 0 spiro atoms. The Balaban J connectivity index is 1.16. The molecule has 0 bridgehead atoms. The zero-order valence-electron chi connectivity index (χ0n) is 25.9. The van der Waals surface area contributed by atoms with Crippen molar-refractivity contribution in [2.45, 2.75) is 63.2 Å². The fourth-order valence-corrected chi connectivity index (χ4v) is 6.23. The number of hydrogen-bond acceptors (Lipinski definition) is 12. The number of nitro groups is 1. The molecule has 1 fully saturated rings. The number of ketones is 2. The van der Waals surface area contributed by atoms with Gasteiger partial charge in [-0.3, -0.25) is 24.5 Å². The van der Waals surface area contributed by atoms with Gasteiger partial charge < -0.3 is 34.5 Å². The van der Waals surface area contributed by atoms with Crippen molar-refractivity contribution in [3.05, 3.63) is 97.6 Å². The van der Waals surface area contributed by atoms with Crippen LogP contribution in [0.15, 0.2) is 48.5 Å². The van der Waals surface area contributed by atoms with E-state index in [1.54, 1.807) is 12.1 Å². The molecule has 3 aromatic rings. The first-order valence-corrected chi connectivity index (χ1v) is 15.2. The summed E-state index contributed by atoms with van der Waals surface area (Å²) < 4.78 is 62.4. The predicted octanol–water partition coefficient (Wildman–Crippen LogP) is 3.65. The lowest BCUT2D eigenvalue weighted by molar-refractivity contribution is -0.384. The molecule has 0 radical (unpaired) electrons. The summed E-state index contributed by atoms with van der Waals surface area (Å²) in [6, 6.07) is 8.84. The molecule has 1 aliphatic carbocycles. The molecule has 2 heterocycles. The number of aromatic hydroxyl groups is 2. The standard InChI is InChI=1S/C33H27F3N2O12/c1-14-30(50-31(43)15-6-8-16(9-7-15)38(45)46)22(37-32(44)33(34,35)36)11-23(49-14)48-12-17-10-20-21(13-47-17)29(42)25-24(28(20)41)26(39)18-4-2-3-5-19(18)27(25)40/h2-9,14,17,22-23,30,41-42H,10-13H2,1H3,(H,37,44)/t14-,17-,22-,23+,30-/m0/s1. The van der Waals surface area contributed by atoms with Crippen molar-refractivity contribution in [1.29, 1.82) is 0 Å². The van der Waals surface area contributed by atoms with E-state index in [-0.39, 0.29) is 64.3 Å². The summed E-state index contributed by atoms with van der Waals surface area (Å²) in [7, 11) is 0. The second-order valence-corrected chi connectivity index (χ2v) is 11.8. The molecule has 0 saturated carbocycles. The Kier molecular flexibility index (Phi) is 9.06. The molecule has 1 saturated heterocycles. The van der Waals surface area contributed by atoms with Gasteiger partial charge in [-0.15, -0.1) is 0 Å². The number of fused-ring (bicyclic) bond motifs is 3. The second kappa shape index (κ2) is 13.1. The van der Waals surface area contributed by atoms with Crippen LogP contribution in [-0.2, 0) is 36.8 Å². The van der Waals surface area contributed by atoms with Crippen LogP contribution >= 0.6 is 0 Å². The summed E-state index contributed by atoms with van der Waals surface area (Å²) in [5.74, 6) is -5.61. The van der Waals surface area contributed by atoms with Gasteiger partial charge in [0.1, 0.15) is 17.6 Å². The molecule has 0 aromatic heterocycles. The molecule has 3 aliphatic rings. The van der Waals surface area contributed by atoms with Crippen LogP contribution in [0.4, 0.5) is 18.9 Å². The topological polar surface area (TPSA) is 201 Å². The lowest BCUT2D eigenvalue weighted by Gasteiger charge is -2.40. The minimum atomic E-state index is -5.27. The highest BCUT2D eigenvalue weighted by atomic mass is 19.4. The van der Waals surface area contributed by atoms with Gasteiger partial charge in [-0.05, 0) is 19.1 Å². The minimum Gasteiger partial charge on any atom is -0.507 e. The number of carbonyl (C=O) groups excluding carboxylic acids is 4. The minimum absolute atomic E-state index is 0.0686. The van der Waals surface area contributed by atoms with Gasteiger partial charge in [-0.1, -0.05) is 24.3 Å². The monoisotopic (exact) mass is 700 g/mol. The van der Waals surface area contributed by atoms with E-state index in [0.29, 0.717) is 0 Å². The number of carbonyl (C=O) groups is 4. The fraction of sp³-hybridized carbons (Fsp3) is 0.333. The van der Waals surface area contributed by atoms with E-state index < -0.39 is 83.1 Å². The number of esters is 1. The molecule has 17 heteroatoms. The Morgan fingerprint density at radius 3 is 2.18 bits per heavy atom. The summed E-state index contributed by atoms with van der Waals surface area (Å²) in [5.41, 5.74) is -0.713. The highest BCUT2D eigenvalue weighted by Gasteiger charge is 2.46. The smallest absolute Gasteiger partial charge is 0.471 e. The van der Waals surface area contributed by atoms with Gasteiger partial charge in [0, 0.05) is 47.2 Å². The summed E-state index contributed by atoms with van der Waals surface area (Å²) in [6.45, 7) is 0.826.